The fourth-order valence-electron chi connectivity index (χ4n) is 4.25. The zero-order valence-electron chi connectivity index (χ0n) is 15.2. The predicted octanol–water partition coefficient (Wildman–Crippen LogP) is 3.97. The van der Waals surface area contributed by atoms with Gasteiger partial charge in [-0.3, -0.25) is 4.79 Å². The van der Waals surface area contributed by atoms with E-state index in [0.29, 0.717) is 6.42 Å². The summed E-state index contributed by atoms with van der Waals surface area (Å²) in [7, 11) is 0. The molecule has 0 aliphatic carbocycles. The van der Waals surface area contributed by atoms with E-state index in [-0.39, 0.29) is 18.1 Å². The largest absolute Gasteiger partial charge is 0.357 e. The highest BCUT2D eigenvalue weighted by Gasteiger charge is 2.53. The Bertz CT molecular complexity index is 777. The SMILES string of the molecule is CCC[C@H]1C[C@H](NCc2ccccc2)C[C@@]2(O1)C(=O)Nc1ccccc12. The van der Waals surface area contributed by atoms with Crippen LogP contribution in [-0.4, -0.2) is 18.1 Å². The van der Waals surface area contributed by atoms with Gasteiger partial charge in [0, 0.05) is 30.3 Å². The Morgan fingerprint density at radius 1 is 1.15 bits per heavy atom. The van der Waals surface area contributed by atoms with Crippen molar-refractivity contribution < 1.29 is 9.53 Å². The highest BCUT2D eigenvalue weighted by molar-refractivity contribution is 6.05. The van der Waals surface area contributed by atoms with Gasteiger partial charge in [-0.2, -0.15) is 0 Å². The van der Waals surface area contributed by atoms with Crippen LogP contribution in [0.1, 0.15) is 43.7 Å². The first kappa shape index (κ1) is 17.3. The molecule has 1 fully saturated rings. The van der Waals surface area contributed by atoms with E-state index in [0.717, 1.165) is 37.1 Å². The fraction of sp³-hybridized carbons (Fsp3) is 0.409. The molecule has 4 rings (SSSR count). The van der Waals surface area contributed by atoms with Crippen LogP contribution >= 0.6 is 0 Å². The molecule has 2 aliphatic heterocycles. The van der Waals surface area contributed by atoms with E-state index in [9.17, 15) is 4.79 Å². The molecule has 0 saturated carbocycles. The summed E-state index contributed by atoms with van der Waals surface area (Å²) in [5.41, 5.74) is 2.27. The molecule has 26 heavy (non-hydrogen) atoms. The molecule has 1 spiro atoms. The van der Waals surface area contributed by atoms with Gasteiger partial charge in [0.2, 0.25) is 0 Å². The van der Waals surface area contributed by atoms with Crippen LogP contribution in [0.2, 0.25) is 0 Å². The minimum absolute atomic E-state index is 0.0222. The van der Waals surface area contributed by atoms with Crippen molar-refractivity contribution in [1.82, 2.24) is 5.32 Å². The van der Waals surface area contributed by atoms with Crippen molar-refractivity contribution in [2.75, 3.05) is 5.32 Å². The molecule has 0 unspecified atom stereocenters. The van der Waals surface area contributed by atoms with Crippen LogP contribution in [0, 0.1) is 0 Å². The molecule has 2 heterocycles. The lowest BCUT2D eigenvalue weighted by molar-refractivity contribution is -0.167. The van der Waals surface area contributed by atoms with Crippen LogP contribution in [0.25, 0.3) is 0 Å². The number of carbonyl (C=O) groups is 1. The Balaban J connectivity index is 1.58. The molecule has 1 amide bonds. The predicted molar refractivity (Wildman–Crippen MR) is 103 cm³/mol. The van der Waals surface area contributed by atoms with Gasteiger partial charge in [-0.15, -0.1) is 0 Å². The molecular formula is C22H26N2O2. The van der Waals surface area contributed by atoms with Crippen LogP contribution in [0.4, 0.5) is 5.69 Å². The average molecular weight is 350 g/mol. The molecule has 0 bridgehead atoms. The number of benzene rings is 2. The number of ether oxygens (including phenoxy) is 1. The number of amides is 1. The molecule has 0 aromatic heterocycles. The van der Waals surface area contributed by atoms with Crippen molar-refractivity contribution in [1.29, 1.82) is 0 Å². The topological polar surface area (TPSA) is 50.4 Å². The minimum atomic E-state index is -0.858. The van der Waals surface area contributed by atoms with E-state index in [1.807, 2.05) is 30.3 Å². The van der Waals surface area contributed by atoms with Crippen molar-refractivity contribution in [3.05, 3.63) is 65.7 Å². The maximum atomic E-state index is 12.9. The third kappa shape index (κ3) is 3.15. The zero-order valence-corrected chi connectivity index (χ0v) is 15.2. The normalized spacial score (nSPS) is 27.3. The number of para-hydroxylation sites is 1. The first-order valence-corrected chi connectivity index (χ1v) is 9.57. The van der Waals surface area contributed by atoms with Gasteiger partial charge in [-0.25, -0.2) is 0 Å². The number of nitrogens with one attached hydrogen (secondary N) is 2. The van der Waals surface area contributed by atoms with Crippen LogP contribution in [0.3, 0.4) is 0 Å². The fourth-order valence-corrected chi connectivity index (χ4v) is 4.25. The third-order valence-electron chi connectivity index (χ3n) is 5.47. The number of rotatable bonds is 5. The van der Waals surface area contributed by atoms with E-state index in [2.05, 4.69) is 41.8 Å². The van der Waals surface area contributed by atoms with Crippen LogP contribution < -0.4 is 10.6 Å². The highest BCUT2D eigenvalue weighted by atomic mass is 16.5. The van der Waals surface area contributed by atoms with Crippen LogP contribution in [0.5, 0.6) is 0 Å². The van der Waals surface area contributed by atoms with Gasteiger partial charge >= 0.3 is 0 Å². The van der Waals surface area contributed by atoms with Crippen molar-refractivity contribution in [3.63, 3.8) is 0 Å². The third-order valence-corrected chi connectivity index (χ3v) is 5.47. The van der Waals surface area contributed by atoms with E-state index in [1.165, 1.54) is 5.56 Å². The van der Waals surface area contributed by atoms with Gasteiger partial charge in [0.05, 0.1) is 6.10 Å². The second-order valence-corrected chi connectivity index (χ2v) is 7.36. The molecule has 2 aromatic rings. The van der Waals surface area contributed by atoms with Crippen molar-refractivity contribution in [3.8, 4) is 0 Å². The quantitative estimate of drug-likeness (QED) is 0.858. The summed E-state index contributed by atoms with van der Waals surface area (Å²) in [6.07, 6.45) is 3.73. The van der Waals surface area contributed by atoms with E-state index in [1.54, 1.807) is 0 Å². The Morgan fingerprint density at radius 3 is 2.73 bits per heavy atom. The Hall–Kier alpha value is -2.17. The van der Waals surface area contributed by atoms with Crippen LogP contribution in [-0.2, 0) is 21.7 Å². The minimum Gasteiger partial charge on any atom is -0.357 e. The maximum absolute atomic E-state index is 12.9. The summed E-state index contributed by atoms with van der Waals surface area (Å²) in [6.45, 7) is 2.98. The summed E-state index contributed by atoms with van der Waals surface area (Å²) in [5, 5.41) is 6.69. The average Bonchev–Trinajstić information content (AvgIpc) is 2.92. The van der Waals surface area contributed by atoms with Gasteiger partial charge in [0.25, 0.3) is 5.91 Å². The molecule has 0 radical (unpaired) electrons. The molecule has 3 atom stereocenters. The van der Waals surface area contributed by atoms with E-state index in [4.69, 9.17) is 4.74 Å². The first-order valence-electron chi connectivity index (χ1n) is 9.57. The molecule has 4 heteroatoms. The summed E-state index contributed by atoms with van der Waals surface area (Å²) < 4.78 is 6.44. The molecule has 2 aliphatic rings. The van der Waals surface area contributed by atoms with Gasteiger partial charge in [0.15, 0.2) is 5.60 Å². The molecule has 136 valence electrons. The van der Waals surface area contributed by atoms with Crippen molar-refractivity contribution >= 4 is 11.6 Å². The lowest BCUT2D eigenvalue weighted by atomic mass is 9.82. The van der Waals surface area contributed by atoms with Gasteiger partial charge in [0.1, 0.15) is 0 Å². The second-order valence-electron chi connectivity index (χ2n) is 7.36. The molecule has 2 N–H and O–H groups in total. The van der Waals surface area contributed by atoms with Gasteiger partial charge < -0.3 is 15.4 Å². The maximum Gasteiger partial charge on any atom is 0.261 e. The molecule has 4 nitrogen and oxygen atoms in total. The molecule has 1 saturated heterocycles. The zero-order chi connectivity index (χ0) is 18.0. The number of carbonyl (C=O) groups excluding carboxylic acids is 1. The lowest BCUT2D eigenvalue weighted by Crippen LogP contribution is -2.52. The van der Waals surface area contributed by atoms with E-state index < -0.39 is 5.60 Å². The number of anilines is 1. The van der Waals surface area contributed by atoms with Crippen molar-refractivity contribution in [2.24, 2.45) is 0 Å². The summed E-state index contributed by atoms with van der Waals surface area (Å²) >= 11 is 0. The van der Waals surface area contributed by atoms with E-state index >= 15 is 0 Å². The Labute approximate surface area is 155 Å². The smallest absolute Gasteiger partial charge is 0.261 e. The second kappa shape index (κ2) is 7.22. The van der Waals surface area contributed by atoms with Crippen LogP contribution in [0.15, 0.2) is 54.6 Å². The molecular weight excluding hydrogens is 324 g/mol. The number of fused-ring (bicyclic) bond motifs is 2. The number of hydrogen-bond donors (Lipinski definition) is 2. The summed E-state index contributed by atoms with van der Waals surface area (Å²) in [4.78, 5) is 12.9. The highest BCUT2D eigenvalue weighted by Crippen LogP contribution is 2.46. The summed E-state index contributed by atoms with van der Waals surface area (Å²) in [5.74, 6) is -0.0222. The van der Waals surface area contributed by atoms with Crippen molar-refractivity contribution in [2.45, 2.75) is 56.9 Å². The lowest BCUT2D eigenvalue weighted by Gasteiger charge is -2.41. The van der Waals surface area contributed by atoms with Gasteiger partial charge in [-0.05, 0) is 24.5 Å². The first-order chi connectivity index (χ1) is 12.7. The monoisotopic (exact) mass is 350 g/mol. The number of hydrogen-bond acceptors (Lipinski definition) is 3. The Morgan fingerprint density at radius 2 is 1.92 bits per heavy atom. The molecule has 2 aromatic carbocycles. The van der Waals surface area contributed by atoms with Gasteiger partial charge in [-0.1, -0.05) is 61.9 Å². The summed E-state index contributed by atoms with van der Waals surface area (Å²) in [6, 6.07) is 18.6. The standard InChI is InChI=1S/C22H26N2O2/c1-2-8-18-13-17(23-15-16-9-4-3-5-10-16)14-22(26-18)19-11-6-7-12-20(19)24-21(22)25/h3-7,9-12,17-18,23H,2,8,13-15H2,1H3,(H,24,25)/t17-,18-,22-/m0/s1. The Kier molecular flexibility index (Phi) is 4.79.